The number of hydrogen-bond acceptors (Lipinski definition) is 7. The number of nitrogens with zero attached hydrogens (tertiary/aromatic N) is 2. The minimum Gasteiger partial charge on any atom is -0.465 e. The van der Waals surface area contributed by atoms with Gasteiger partial charge in [0.05, 0.1) is 24.9 Å². The average Bonchev–Trinajstić information content (AvgIpc) is 2.95. The number of aryl methyl sites for hydroxylation is 1. The Morgan fingerprint density at radius 3 is 2.00 bits per heavy atom. The molecule has 0 atom stereocenters. The van der Waals surface area contributed by atoms with Crippen molar-refractivity contribution in [3.8, 4) is 11.1 Å². The fourth-order valence-electron chi connectivity index (χ4n) is 9.18. The number of carbonyl (C=O) groups excluding carboxylic acids is 2. The lowest BCUT2D eigenvalue weighted by atomic mass is 9.54. The van der Waals surface area contributed by atoms with Crippen molar-refractivity contribution in [2.45, 2.75) is 64.1 Å². The summed E-state index contributed by atoms with van der Waals surface area (Å²) in [4.78, 5) is 32.0. The fraction of sp³-hybridized carbons (Fsp3) is 0.429. The van der Waals surface area contributed by atoms with E-state index >= 15 is 0 Å². The number of methoxy groups -OCH3 is 1. The molecule has 0 unspecified atom stereocenters. The summed E-state index contributed by atoms with van der Waals surface area (Å²) in [6.45, 7) is 4.55. The van der Waals surface area contributed by atoms with E-state index in [0.29, 0.717) is 34.6 Å². The first kappa shape index (κ1) is 25.7. The molecule has 216 valence electrons. The molecule has 7 nitrogen and oxygen atoms in total. The van der Waals surface area contributed by atoms with Crippen LogP contribution in [0, 0.1) is 24.7 Å². The molecule has 6 bridgehead atoms. The molecule has 2 heterocycles. The summed E-state index contributed by atoms with van der Waals surface area (Å²) in [6, 6.07) is 16.2. The molecule has 3 aromatic carbocycles. The molecule has 0 aromatic heterocycles. The summed E-state index contributed by atoms with van der Waals surface area (Å²) < 4.78 is 11.7. The van der Waals surface area contributed by atoms with Crippen LogP contribution in [0.3, 0.4) is 0 Å². The molecule has 9 rings (SSSR count). The van der Waals surface area contributed by atoms with Crippen LogP contribution in [0.1, 0.15) is 75.9 Å². The van der Waals surface area contributed by atoms with Crippen LogP contribution in [0.2, 0.25) is 0 Å². The van der Waals surface area contributed by atoms with E-state index in [1.54, 1.807) is 12.1 Å². The number of hydrogen-bond donors (Lipinski definition) is 1. The van der Waals surface area contributed by atoms with Gasteiger partial charge >= 0.3 is 11.9 Å². The molecule has 0 saturated heterocycles. The molecule has 4 fully saturated rings. The van der Waals surface area contributed by atoms with Crippen molar-refractivity contribution >= 4 is 29.0 Å². The lowest BCUT2D eigenvalue weighted by Crippen LogP contribution is -2.52. The second-order valence-electron chi connectivity index (χ2n) is 13.5. The summed E-state index contributed by atoms with van der Waals surface area (Å²) in [5.41, 5.74) is 14.4. The van der Waals surface area contributed by atoms with E-state index in [2.05, 4.69) is 47.1 Å². The minimum atomic E-state index is -0.521. The molecular formula is C35H37N3O4. The van der Waals surface area contributed by atoms with Crippen molar-refractivity contribution < 1.29 is 19.1 Å². The third kappa shape index (κ3) is 4.08. The van der Waals surface area contributed by atoms with Gasteiger partial charge in [0, 0.05) is 35.7 Å². The Bertz CT molecular complexity index is 1610. The van der Waals surface area contributed by atoms with E-state index in [1.807, 2.05) is 6.07 Å². The minimum absolute atomic E-state index is 0.285. The molecule has 7 heteroatoms. The highest BCUT2D eigenvalue weighted by Crippen LogP contribution is 2.57. The SMILES string of the molecule is COC(=O)c1cc(N)cc(C(=O)OC23CC4CC(CC(C4)C2)C3)c1-c1ccc2c(c1)CN1CN2Cc2cc(C)ccc21. The van der Waals surface area contributed by atoms with Gasteiger partial charge < -0.3 is 25.0 Å². The zero-order chi connectivity index (χ0) is 28.7. The standard InChI is InChI=1S/C35H37N3O4/c1-20-3-5-30-25(7-20)17-37-19-38(30)18-26-11-24(4-6-31(26)37)32-28(33(39)41-2)12-27(36)13-29(32)34(40)42-35-14-21-8-22(15-35)10-23(9-21)16-35/h3-7,11-13,21-23H,8-10,14-19,36H2,1-2H3. The second kappa shape index (κ2) is 9.25. The fourth-order valence-corrected chi connectivity index (χ4v) is 9.18. The maximum atomic E-state index is 14.1. The summed E-state index contributed by atoms with van der Waals surface area (Å²) in [6.07, 6.45) is 6.62. The van der Waals surface area contributed by atoms with E-state index in [4.69, 9.17) is 15.2 Å². The topological polar surface area (TPSA) is 85.1 Å². The van der Waals surface area contributed by atoms with Gasteiger partial charge in [0.2, 0.25) is 0 Å². The third-order valence-corrected chi connectivity index (χ3v) is 10.4. The zero-order valence-corrected chi connectivity index (χ0v) is 24.3. The van der Waals surface area contributed by atoms with Crippen LogP contribution in [0.4, 0.5) is 17.1 Å². The van der Waals surface area contributed by atoms with E-state index in [0.717, 1.165) is 50.1 Å². The lowest BCUT2D eigenvalue weighted by molar-refractivity contribution is -0.131. The number of fused-ring (bicyclic) bond motifs is 6. The number of esters is 2. The summed E-state index contributed by atoms with van der Waals surface area (Å²) in [7, 11) is 1.36. The van der Waals surface area contributed by atoms with Crippen molar-refractivity contribution in [1.29, 1.82) is 0 Å². The van der Waals surface area contributed by atoms with Gasteiger partial charge in [-0.3, -0.25) is 0 Å². The highest BCUT2D eigenvalue weighted by molar-refractivity contribution is 6.07. The van der Waals surface area contributed by atoms with Crippen LogP contribution in [0.15, 0.2) is 48.5 Å². The van der Waals surface area contributed by atoms with E-state index in [9.17, 15) is 9.59 Å². The Labute approximate surface area is 246 Å². The molecule has 4 aliphatic carbocycles. The molecule has 0 amide bonds. The number of rotatable bonds is 4. The van der Waals surface area contributed by atoms with E-state index < -0.39 is 17.5 Å². The number of benzene rings is 3. The molecule has 3 aromatic rings. The van der Waals surface area contributed by atoms with Gasteiger partial charge in [-0.05, 0) is 110 Å². The van der Waals surface area contributed by atoms with Crippen molar-refractivity contribution in [2.24, 2.45) is 17.8 Å². The highest BCUT2D eigenvalue weighted by atomic mass is 16.6. The smallest absolute Gasteiger partial charge is 0.339 e. The summed E-state index contributed by atoms with van der Waals surface area (Å²) >= 11 is 0. The number of carbonyl (C=O) groups is 2. The van der Waals surface area contributed by atoms with Crippen molar-refractivity contribution in [2.75, 3.05) is 29.3 Å². The normalized spacial score (nSPS) is 26.5. The first-order chi connectivity index (χ1) is 20.3. The Hall–Kier alpha value is -4.00. The van der Waals surface area contributed by atoms with Gasteiger partial charge in [-0.2, -0.15) is 0 Å². The van der Waals surface area contributed by atoms with Crippen LogP contribution < -0.4 is 15.5 Å². The van der Waals surface area contributed by atoms with Gasteiger partial charge in [0.1, 0.15) is 5.60 Å². The summed E-state index contributed by atoms with van der Waals surface area (Å²) in [5.74, 6) is 1.03. The molecule has 0 radical (unpaired) electrons. The van der Waals surface area contributed by atoms with Crippen LogP contribution in [-0.2, 0) is 22.6 Å². The lowest BCUT2D eigenvalue weighted by Gasteiger charge is -2.55. The van der Waals surface area contributed by atoms with Crippen LogP contribution >= 0.6 is 0 Å². The van der Waals surface area contributed by atoms with E-state index in [-0.39, 0.29) is 5.56 Å². The van der Waals surface area contributed by atoms with Crippen LogP contribution in [0.5, 0.6) is 0 Å². The van der Waals surface area contributed by atoms with Crippen LogP contribution in [-0.4, -0.2) is 31.3 Å². The van der Waals surface area contributed by atoms with Crippen molar-refractivity contribution in [3.05, 3.63) is 76.3 Å². The first-order valence-electron chi connectivity index (χ1n) is 15.3. The maximum absolute atomic E-state index is 14.1. The molecular weight excluding hydrogens is 526 g/mol. The summed E-state index contributed by atoms with van der Waals surface area (Å²) in [5, 5.41) is 0. The Balaban J connectivity index is 1.19. The predicted molar refractivity (Wildman–Crippen MR) is 162 cm³/mol. The van der Waals surface area contributed by atoms with E-state index in [1.165, 1.54) is 48.9 Å². The largest absolute Gasteiger partial charge is 0.465 e. The Morgan fingerprint density at radius 2 is 1.38 bits per heavy atom. The molecule has 2 aliphatic heterocycles. The number of ether oxygens (including phenoxy) is 2. The predicted octanol–water partition coefficient (Wildman–Crippen LogP) is 6.45. The van der Waals surface area contributed by atoms with Crippen molar-refractivity contribution in [1.82, 2.24) is 0 Å². The maximum Gasteiger partial charge on any atom is 0.339 e. The molecule has 6 aliphatic rings. The number of nitrogen functional groups attached to an aromatic ring is 1. The Kier molecular flexibility index (Phi) is 5.66. The monoisotopic (exact) mass is 563 g/mol. The third-order valence-electron chi connectivity index (χ3n) is 10.4. The highest BCUT2D eigenvalue weighted by Gasteiger charge is 2.53. The number of nitrogens with two attached hydrogens (primary N) is 1. The quantitative estimate of drug-likeness (QED) is 0.288. The van der Waals surface area contributed by atoms with Gasteiger partial charge in [0.15, 0.2) is 0 Å². The van der Waals surface area contributed by atoms with Crippen molar-refractivity contribution in [3.63, 3.8) is 0 Å². The van der Waals surface area contributed by atoms with Gasteiger partial charge in [-0.25, -0.2) is 9.59 Å². The van der Waals surface area contributed by atoms with Crippen LogP contribution in [0.25, 0.3) is 11.1 Å². The molecule has 4 saturated carbocycles. The van der Waals surface area contributed by atoms with Gasteiger partial charge in [-0.15, -0.1) is 0 Å². The first-order valence-corrected chi connectivity index (χ1v) is 15.3. The average molecular weight is 564 g/mol. The molecule has 2 N–H and O–H groups in total. The van der Waals surface area contributed by atoms with Gasteiger partial charge in [-0.1, -0.05) is 23.8 Å². The number of anilines is 3. The molecule has 0 spiro atoms. The second-order valence-corrected chi connectivity index (χ2v) is 13.5. The van der Waals surface area contributed by atoms with Gasteiger partial charge in [0.25, 0.3) is 0 Å². The Morgan fingerprint density at radius 1 is 0.810 bits per heavy atom. The zero-order valence-electron chi connectivity index (χ0n) is 24.3. The molecule has 42 heavy (non-hydrogen) atoms.